The first-order valence-corrected chi connectivity index (χ1v) is 5.55. The highest BCUT2D eigenvalue weighted by molar-refractivity contribution is 7.09. The minimum atomic E-state index is -1.06. The predicted octanol–water partition coefficient (Wildman–Crippen LogP) is 0.0654. The van der Waals surface area contributed by atoms with E-state index in [0.29, 0.717) is 5.01 Å². The molecule has 0 bridgehead atoms. The van der Waals surface area contributed by atoms with Gasteiger partial charge in [0.25, 0.3) is 0 Å². The molecule has 16 heavy (non-hydrogen) atoms. The molecular formula is C9H13N3O3S. The third-order valence-electron chi connectivity index (χ3n) is 2.01. The molecule has 1 aromatic rings. The zero-order chi connectivity index (χ0) is 12.1. The summed E-state index contributed by atoms with van der Waals surface area (Å²) in [6.07, 6.45) is 0. The van der Waals surface area contributed by atoms with Crippen molar-refractivity contribution in [2.75, 3.05) is 7.05 Å². The standard InChI is InChI=1S/C9H13N3O3S/c1-5(10-2)8(13)11-3-7-12-6(4-16-7)9(14)15/h4-5,10H,3H2,1-2H3,(H,11,13)(H,14,15). The number of carboxylic acids is 1. The number of aromatic carboxylic acids is 1. The van der Waals surface area contributed by atoms with Gasteiger partial charge in [-0.1, -0.05) is 0 Å². The Morgan fingerprint density at radius 1 is 1.62 bits per heavy atom. The summed E-state index contributed by atoms with van der Waals surface area (Å²) in [4.78, 5) is 25.8. The largest absolute Gasteiger partial charge is 0.476 e. The number of carbonyl (C=O) groups excluding carboxylic acids is 1. The minimum absolute atomic E-state index is 0.0101. The molecule has 0 saturated heterocycles. The number of amides is 1. The van der Waals surface area contributed by atoms with Gasteiger partial charge in [0.15, 0.2) is 5.69 Å². The van der Waals surface area contributed by atoms with Gasteiger partial charge in [-0.3, -0.25) is 4.79 Å². The van der Waals surface area contributed by atoms with Crippen molar-refractivity contribution in [1.82, 2.24) is 15.6 Å². The van der Waals surface area contributed by atoms with Gasteiger partial charge in [0.1, 0.15) is 5.01 Å². The Bertz CT molecular complexity index is 391. The second-order valence-corrected chi connectivity index (χ2v) is 4.10. The molecule has 0 aliphatic heterocycles. The fraction of sp³-hybridized carbons (Fsp3) is 0.444. The number of hydrogen-bond donors (Lipinski definition) is 3. The molecule has 1 atom stereocenters. The van der Waals surface area contributed by atoms with E-state index in [0.717, 1.165) is 0 Å². The smallest absolute Gasteiger partial charge is 0.355 e. The molecule has 1 heterocycles. The fourth-order valence-electron chi connectivity index (χ4n) is 0.937. The van der Waals surface area contributed by atoms with Crippen LogP contribution in [0, 0.1) is 0 Å². The molecule has 0 aromatic carbocycles. The first-order chi connectivity index (χ1) is 7.54. The lowest BCUT2D eigenvalue weighted by molar-refractivity contribution is -0.122. The maximum atomic E-state index is 11.4. The second kappa shape index (κ2) is 5.57. The van der Waals surface area contributed by atoms with Crippen molar-refractivity contribution < 1.29 is 14.7 Å². The third-order valence-corrected chi connectivity index (χ3v) is 2.86. The Morgan fingerprint density at radius 2 is 2.31 bits per heavy atom. The molecular weight excluding hydrogens is 230 g/mol. The Morgan fingerprint density at radius 3 is 2.81 bits per heavy atom. The summed E-state index contributed by atoms with van der Waals surface area (Å²) in [5.74, 6) is -1.20. The van der Waals surface area contributed by atoms with E-state index < -0.39 is 5.97 Å². The van der Waals surface area contributed by atoms with Crippen molar-refractivity contribution in [1.29, 1.82) is 0 Å². The van der Waals surface area contributed by atoms with Crippen molar-refractivity contribution in [3.05, 3.63) is 16.1 Å². The van der Waals surface area contributed by atoms with Crippen molar-refractivity contribution in [2.24, 2.45) is 0 Å². The van der Waals surface area contributed by atoms with Crippen LogP contribution < -0.4 is 10.6 Å². The summed E-state index contributed by atoms with van der Waals surface area (Å²) in [5.41, 5.74) is 0.0101. The zero-order valence-corrected chi connectivity index (χ0v) is 9.80. The number of likely N-dealkylation sites (N-methyl/N-ethyl adjacent to an activating group) is 1. The second-order valence-electron chi connectivity index (χ2n) is 3.16. The molecule has 0 spiro atoms. The average Bonchev–Trinajstić information content (AvgIpc) is 2.73. The van der Waals surface area contributed by atoms with E-state index in [9.17, 15) is 9.59 Å². The van der Waals surface area contributed by atoms with Gasteiger partial charge < -0.3 is 15.7 Å². The Balaban J connectivity index is 2.48. The molecule has 1 aromatic heterocycles. The van der Waals surface area contributed by atoms with Crippen LogP contribution in [0.5, 0.6) is 0 Å². The molecule has 1 unspecified atom stereocenters. The Hall–Kier alpha value is -1.47. The molecule has 0 fully saturated rings. The average molecular weight is 243 g/mol. The van der Waals surface area contributed by atoms with Crippen LogP contribution in [0.2, 0.25) is 0 Å². The summed E-state index contributed by atoms with van der Waals surface area (Å²) in [6, 6.07) is -0.279. The van der Waals surface area contributed by atoms with E-state index >= 15 is 0 Å². The summed E-state index contributed by atoms with van der Waals surface area (Å²) < 4.78 is 0. The highest BCUT2D eigenvalue weighted by Gasteiger charge is 2.12. The number of thiazole rings is 1. The number of aromatic nitrogens is 1. The first kappa shape index (κ1) is 12.6. The van der Waals surface area contributed by atoms with Crippen molar-refractivity contribution in [2.45, 2.75) is 19.5 Å². The van der Waals surface area contributed by atoms with Crippen LogP contribution in [-0.2, 0) is 11.3 Å². The third kappa shape index (κ3) is 3.28. The highest BCUT2D eigenvalue weighted by Crippen LogP contribution is 2.09. The topological polar surface area (TPSA) is 91.3 Å². The molecule has 1 rings (SSSR count). The number of nitrogens with one attached hydrogen (secondary N) is 2. The quantitative estimate of drug-likeness (QED) is 0.680. The van der Waals surface area contributed by atoms with E-state index in [1.807, 2.05) is 0 Å². The lowest BCUT2D eigenvalue weighted by atomic mass is 10.3. The first-order valence-electron chi connectivity index (χ1n) is 4.67. The van der Waals surface area contributed by atoms with Gasteiger partial charge in [-0.15, -0.1) is 11.3 Å². The van der Waals surface area contributed by atoms with Crippen molar-refractivity contribution in [3.8, 4) is 0 Å². The number of carboxylic acid groups (broad SMARTS) is 1. The van der Waals surface area contributed by atoms with E-state index in [1.165, 1.54) is 16.7 Å². The van der Waals surface area contributed by atoms with Gasteiger partial charge >= 0.3 is 5.97 Å². The van der Waals surface area contributed by atoms with Gasteiger partial charge in [-0.05, 0) is 14.0 Å². The molecule has 0 aliphatic rings. The normalized spacial score (nSPS) is 12.1. The van der Waals surface area contributed by atoms with Crippen LogP contribution in [0.25, 0.3) is 0 Å². The zero-order valence-electron chi connectivity index (χ0n) is 8.98. The molecule has 0 aliphatic carbocycles. The lowest BCUT2D eigenvalue weighted by Gasteiger charge is -2.09. The van der Waals surface area contributed by atoms with Gasteiger partial charge in [-0.2, -0.15) is 0 Å². The predicted molar refractivity (Wildman–Crippen MR) is 59.4 cm³/mol. The molecule has 3 N–H and O–H groups in total. The van der Waals surface area contributed by atoms with Crippen LogP contribution in [0.1, 0.15) is 22.4 Å². The number of carbonyl (C=O) groups is 2. The SMILES string of the molecule is CNC(C)C(=O)NCc1nc(C(=O)O)cs1. The highest BCUT2D eigenvalue weighted by atomic mass is 32.1. The van der Waals surface area contributed by atoms with Crippen molar-refractivity contribution in [3.63, 3.8) is 0 Å². The monoisotopic (exact) mass is 243 g/mol. The number of hydrogen-bond acceptors (Lipinski definition) is 5. The number of rotatable bonds is 5. The molecule has 7 heteroatoms. The summed E-state index contributed by atoms with van der Waals surface area (Å²) in [5, 5.41) is 16.1. The minimum Gasteiger partial charge on any atom is -0.476 e. The van der Waals surface area contributed by atoms with Crippen LogP contribution in [0.15, 0.2) is 5.38 Å². The summed E-state index contributed by atoms with van der Waals surface area (Å²) >= 11 is 1.21. The Kier molecular flexibility index (Phi) is 4.39. The van der Waals surface area contributed by atoms with E-state index in [2.05, 4.69) is 15.6 Å². The lowest BCUT2D eigenvalue weighted by Crippen LogP contribution is -2.39. The molecule has 0 saturated carbocycles. The van der Waals surface area contributed by atoms with E-state index in [4.69, 9.17) is 5.11 Å². The molecule has 6 nitrogen and oxygen atoms in total. The maximum Gasteiger partial charge on any atom is 0.355 e. The summed E-state index contributed by atoms with van der Waals surface area (Å²) in [7, 11) is 1.69. The van der Waals surface area contributed by atoms with E-state index in [1.54, 1.807) is 14.0 Å². The van der Waals surface area contributed by atoms with Gasteiger partial charge in [0.2, 0.25) is 5.91 Å². The van der Waals surface area contributed by atoms with Gasteiger partial charge in [0.05, 0.1) is 12.6 Å². The van der Waals surface area contributed by atoms with Crippen LogP contribution in [0.3, 0.4) is 0 Å². The molecule has 88 valence electrons. The van der Waals surface area contributed by atoms with Gasteiger partial charge in [-0.25, -0.2) is 9.78 Å². The molecule has 0 radical (unpaired) electrons. The van der Waals surface area contributed by atoms with E-state index in [-0.39, 0.29) is 24.2 Å². The number of nitrogens with zero attached hydrogens (tertiary/aromatic N) is 1. The van der Waals surface area contributed by atoms with Crippen LogP contribution >= 0.6 is 11.3 Å². The molecule has 1 amide bonds. The fourth-order valence-corrected chi connectivity index (χ4v) is 1.64. The van der Waals surface area contributed by atoms with Crippen LogP contribution in [-0.4, -0.2) is 35.1 Å². The summed E-state index contributed by atoms with van der Waals surface area (Å²) in [6.45, 7) is 1.99. The maximum absolute atomic E-state index is 11.4. The van der Waals surface area contributed by atoms with Crippen LogP contribution in [0.4, 0.5) is 0 Å². The van der Waals surface area contributed by atoms with Gasteiger partial charge in [0, 0.05) is 5.38 Å². The Labute approximate surface area is 96.7 Å². The van der Waals surface area contributed by atoms with Crippen molar-refractivity contribution >= 4 is 23.2 Å².